The lowest BCUT2D eigenvalue weighted by Crippen LogP contribution is -2.17. The van der Waals surface area contributed by atoms with E-state index >= 15 is 0 Å². The summed E-state index contributed by atoms with van der Waals surface area (Å²) in [6.07, 6.45) is 7.37. The number of aromatic nitrogens is 2. The molecule has 0 bridgehead atoms. The van der Waals surface area contributed by atoms with Gasteiger partial charge in [0.2, 0.25) is 16.0 Å². The van der Waals surface area contributed by atoms with Crippen molar-refractivity contribution in [1.29, 1.82) is 0 Å². The number of rotatable bonds is 7. The molecule has 7 nitrogen and oxygen atoms in total. The van der Waals surface area contributed by atoms with Crippen molar-refractivity contribution >= 4 is 21.8 Å². The van der Waals surface area contributed by atoms with Crippen LogP contribution in [0.1, 0.15) is 31.2 Å². The molecule has 0 atom stereocenters. The van der Waals surface area contributed by atoms with Gasteiger partial charge in [0.15, 0.2) is 0 Å². The molecule has 1 aromatic heterocycles. The minimum atomic E-state index is -3.64. The van der Waals surface area contributed by atoms with E-state index in [9.17, 15) is 8.42 Å². The molecule has 25 heavy (non-hydrogen) atoms. The lowest BCUT2D eigenvalue weighted by Gasteiger charge is -2.12. The van der Waals surface area contributed by atoms with E-state index in [1.165, 1.54) is 37.8 Å². The maximum Gasteiger partial charge on any atom is 0.238 e. The van der Waals surface area contributed by atoms with Crippen molar-refractivity contribution in [2.75, 3.05) is 17.2 Å². The summed E-state index contributed by atoms with van der Waals surface area (Å²) in [4.78, 5) is 8.88. The first-order chi connectivity index (χ1) is 12.0. The van der Waals surface area contributed by atoms with Gasteiger partial charge >= 0.3 is 0 Å². The fourth-order valence-corrected chi connectivity index (χ4v) is 3.48. The summed E-state index contributed by atoms with van der Waals surface area (Å²) in [7, 11) is -3.64. The summed E-state index contributed by atoms with van der Waals surface area (Å²) in [5.41, 5.74) is 1.03. The average molecular weight is 361 g/mol. The van der Waals surface area contributed by atoms with E-state index in [4.69, 9.17) is 5.14 Å². The Kier molecular flexibility index (Phi) is 5.50. The molecule has 3 rings (SSSR count). The van der Waals surface area contributed by atoms with Crippen LogP contribution in [-0.2, 0) is 16.4 Å². The number of sulfonamides is 1. The fourth-order valence-electron chi connectivity index (χ4n) is 2.96. The van der Waals surface area contributed by atoms with E-state index in [1.54, 1.807) is 18.3 Å². The third kappa shape index (κ3) is 5.14. The first kappa shape index (κ1) is 17.6. The van der Waals surface area contributed by atoms with Crippen LogP contribution in [0, 0.1) is 0 Å². The predicted octanol–water partition coefficient (Wildman–Crippen LogP) is 2.13. The number of hydrogen-bond acceptors (Lipinski definition) is 6. The van der Waals surface area contributed by atoms with E-state index in [0.717, 1.165) is 17.8 Å². The van der Waals surface area contributed by atoms with Gasteiger partial charge in [0.1, 0.15) is 5.82 Å². The maximum atomic E-state index is 11.2. The van der Waals surface area contributed by atoms with Crippen LogP contribution >= 0.6 is 0 Å². The number of nitrogens with two attached hydrogens (primary N) is 1. The summed E-state index contributed by atoms with van der Waals surface area (Å²) in [5, 5.41) is 11.7. The standard InChI is InChI=1S/C17H23N5O2S/c18-25(23,24)15-7-5-13(6-8-15)9-11-19-16-10-12-20-17(22-16)21-14-3-1-2-4-14/h5-8,10,12,14H,1-4,9,11H2,(H2,18,23,24)(H2,19,20,21,22). The Balaban J connectivity index is 1.51. The van der Waals surface area contributed by atoms with Gasteiger partial charge in [-0.3, -0.25) is 0 Å². The molecule has 1 aliphatic carbocycles. The van der Waals surface area contributed by atoms with Gasteiger partial charge < -0.3 is 10.6 Å². The molecule has 0 radical (unpaired) electrons. The molecule has 0 unspecified atom stereocenters. The summed E-state index contributed by atoms with van der Waals surface area (Å²) in [5.74, 6) is 1.44. The first-order valence-corrected chi connectivity index (χ1v) is 10.0. The molecule has 0 spiro atoms. The van der Waals surface area contributed by atoms with Gasteiger partial charge in [-0.2, -0.15) is 4.98 Å². The van der Waals surface area contributed by atoms with Crippen molar-refractivity contribution in [3.63, 3.8) is 0 Å². The number of hydrogen-bond donors (Lipinski definition) is 3. The van der Waals surface area contributed by atoms with E-state index in [1.807, 2.05) is 6.07 Å². The zero-order valence-electron chi connectivity index (χ0n) is 14.0. The second kappa shape index (κ2) is 7.79. The molecule has 134 valence electrons. The molecule has 0 saturated heterocycles. The summed E-state index contributed by atoms with van der Waals surface area (Å²) < 4.78 is 22.5. The zero-order chi connectivity index (χ0) is 17.7. The van der Waals surface area contributed by atoms with Gasteiger partial charge in [0, 0.05) is 18.8 Å². The zero-order valence-corrected chi connectivity index (χ0v) is 14.8. The third-order valence-corrected chi connectivity index (χ3v) is 5.24. The normalized spacial score (nSPS) is 15.2. The topological polar surface area (TPSA) is 110 Å². The lowest BCUT2D eigenvalue weighted by atomic mass is 10.1. The third-order valence-electron chi connectivity index (χ3n) is 4.32. The number of benzene rings is 1. The second-order valence-corrected chi connectivity index (χ2v) is 7.82. The minimum Gasteiger partial charge on any atom is -0.370 e. The number of anilines is 2. The van der Waals surface area contributed by atoms with Crippen LogP contribution in [-0.4, -0.2) is 31.0 Å². The quantitative estimate of drug-likeness (QED) is 0.697. The maximum absolute atomic E-state index is 11.2. The Hall–Kier alpha value is -2.19. The molecule has 1 aliphatic rings. The van der Waals surface area contributed by atoms with Gasteiger partial charge in [-0.05, 0) is 43.0 Å². The van der Waals surface area contributed by atoms with Crippen LogP contribution in [0.4, 0.5) is 11.8 Å². The van der Waals surface area contributed by atoms with Gasteiger partial charge in [-0.15, -0.1) is 0 Å². The summed E-state index contributed by atoms with van der Waals surface area (Å²) in [6, 6.07) is 8.91. The van der Waals surface area contributed by atoms with Crippen LogP contribution in [0.2, 0.25) is 0 Å². The monoisotopic (exact) mass is 361 g/mol. The smallest absolute Gasteiger partial charge is 0.238 e. The van der Waals surface area contributed by atoms with Gasteiger partial charge in [0.25, 0.3) is 0 Å². The van der Waals surface area contributed by atoms with Crippen LogP contribution in [0.25, 0.3) is 0 Å². The lowest BCUT2D eigenvalue weighted by molar-refractivity contribution is 0.598. The minimum absolute atomic E-state index is 0.127. The van der Waals surface area contributed by atoms with Crippen molar-refractivity contribution in [3.05, 3.63) is 42.1 Å². The van der Waals surface area contributed by atoms with Crippen LogP contribution < -0.4 is 15.8 Å². The highest BCUT2D eigenvalue weighted by Gasteiger charge is 2.15. The molecular formula is C17H23N5O2S. The number of primary sulfonamides is 1. The van der Waals surface area contributed by atoms with Gasteiger partial charge in [0.05, 0.1) is 4.90 Å². The molecule has 1 heterocycles. The molecule has 1 aromatic carbocycles. The molecule has 2 aromatic rings. The van der Waals surface area contributed by atoms with E-state index in [-0.39, 0.29) is 4.90 Å². The van der Waals surface area contributed by atoms with Gasteiger partial charge in [-0.25, -0.2) is 18.5 Å². The molecule has 0 amide bonds. The summed E-state index contributed by atoms with van der Waals surface area (Å²) in [6.45, 7) is 0.689. The Morgan fingerprint density at radius 3 is 2.52 bits per heavy atom. The fraction of sp³-hybridized carbons (Fsp3) is 0.412. The summed E-state index contributed by atoms with van der Waals surface area (Å²) >= 11 is 0. The van der Waals surface area contributed by atoms with Crippen LogP contribution in [0.5, 0.6) is 0 Å². The van der Waals surface area contributed by atoms with Gasteiger partial charge in [-0.1, -0.05) is 25.0 Å². The SMILES string of the molecule is NS(=O)(=O)c1ccc(CCNc2ccnc(NC3CCCC3)n2)cc1. The Morgan fingerprint density at radius 1 is 1.12 bits per heavy atom. The Morgan fingerprint density at radius 2 is 1.84 bits per heavy atom. The molecule has 1 saturated carbocycles. The molecule has 0 aliphatic heterocycles. The van der Waals surface area contributed by atoms with Crippen molar-refractivity contribution in [3.8, 4) is 0 Å². The highest BCUT2D eigenvalue weighted by molar-refractivity contribution is 7.89. The van der Waals surface area contributed by atoms with Crippen molar-refractivity contribution in [1.82, 2.24) is 9.97 Å². The van der Waals surface area contributed by atoms with Crippen LogP contribution in [0.3, 0.4) is 0 Å². The van der Waals surface area contributed by atoms with Crippen molar-refractivity contribution < 1.29 is 8.42 Å². The molecular weight excluding hydrogens is 338 g/mol. The highest BCUT2D eigenvalue weighted by Crippen LogP contribution is 2.21. The van der Waals surface area contributed by atoms with Crippen LogP contribution in [0.15, 0.2) is 41.4 Å². The number of nitrogens with zero attached hydrogens (tertiary/aromatic N) is 2. The van der Waals surface area contributed by atoms with E-state index < -0.39 is 10.0 Å². The van der Waals surface area contributed by atoms with E-state index in [0.29, 0.717) is 18.5 Å². The molecule has 8 heteroatoms. The largest absolute Gasteiger partial charge is 0.370 e. The average Bonchev–Trinajstić information content (AvgIpc) is 3.08. The van der Waals surface area contributed by atoms with Crippen molar-refractivity contribution in [2.24, 2.45) is 5.14 Å². The molecule has 1 fully saturated rings. The Labute approximate surface area is 148 Å². The molecule has 4 N–H and O–H groups in total. The predicted molar refractivity (Wildman–Crippen MR) is 97.9 cm³/mol. The van der Waals surface area contributed by atoms with E-state index in [2.05, 4.69) is 20.6 Å². The highest BCUT2D eigenvalue weighted by atomic mass is 32.2. The number of nitrogens with one attached hydrogen (secondary N) is 2. The Bertz CT molecular complexity index is 802. The first-order valence-electron chi connectivity index (χ1n) is 8.46. The second-order valence-electron chi connectivity index (χ2n) is 6.26. The van der Waals surface area contributed by atoms with Crippen molar-refractivity contribution in [2.45, 2.75) is 43.0 Å².